The van der Waals surface area contributed by atoms with Gasteiger partial charge in [-0.15, -0.1) is 0 Å². The number of rotatable bonds is 3. The molecule has 78 valence electrons. The third-order valence-corrected chi connectivity index (χ3v) is 2.52. The molecule has 1 aromatic rings. The predicted molar refractivity (Wildman–Crippen MR) is 57.3 cm³/mol. The number of aliphatic hydroxyl groups is 1. The number of anilines is 1. The van der Waals surface area contributed by atoms with Crippen molar-refractivity contribution in [3.8, 4) is 0 Å². The van der Waals surface area contributed by atoms with Crippen molar-refractivity contribution in [3.05, 3.63) is 21.0 Å². The smallest absolute Gasteiger partial charge is 0.282 e. The van der Waals surface area contributed by atoms with E-state index in [1.807, 2.05) is 6.92 Å². The number of halogens is 1. The summed E-state index contributed by atoms with van der Waals surface area (Å²) < 4.78 is 1.66. The monoisotopic (exact) mass is 261 g/mol. The van der Waals surface area contributed by atoms with Gasteiger partial charge in [0.15, 0.2) is 0 Å². The van der Waals surface area contributed by atoms with E-state index >= 15 is 0 Å². The van der Waals surface area contributed by atoms with Crippen molar-refractivity contribution >= 4 is 21.6 Å². The summed E-state index contributed by atoms with van der Waals surface area (Å²) in [5.41, 5.74) is 0.384. The quantitative estimate of drug-likeness (QED) is 0.824. The fraction of sp³-hybridized carbons (Fsp3) is 0.500. The summed E-state index contributed by atoms with van der Waals surface area (Å²) in [5, 5.41) is 15.6. The van der Waals surface area contributed by atoms with Crippen molar-refractivity contribution in [2.45, 2.75) is 13.0 Å². The van der Waals surface area contributed by atoms with Gasteiger partial charge in [-0.3, -0.25) is 4.79 Å². The molecule has 6 heteroatoms. The highest BCUT2D eigenvalue weighted by Gasteiger charge is 2.08. The SMILES string of the molecule is CC(CO)Nc1cnn(C)c(=O)c1Br. The lowest BCUT2D eigenvalue weighted by Crippen LogP contribution is -2.25. The Bertz CT molecular complexity index is 377. The van der Waals surface area contributed by atoms with Gasteiger partial charge in [-0.25, -0.2) is 4.68 Å². The summed E-state index contributed by atoms with van der Waals surface area (Å²) in [6.45, 7) is 1.81. The lowest BCUT2D eigenvalue weighted by molar-refractivity contribution is 0.281. The number of hydrogen-bond acceptors (Lipinski definition) is 4. The third kappa shape index (κ3) is 2.33. The van der Waals surface area contributed by atoms with E-state index < -0.39 is 0 Å². The molecule has 14 heavy (non-hydrogen) atoms. The van der Waals surface area contributed by atoms with Crippen LogP contribution in [0.2, 0.25) is 0 Å². The molecule has 0 aliphatic carbocycles. The van der Waals surface area contributed by atoms with Crippen molar-refractivity contribution in [1.82, 2.24) is 9.78 Å². The van der Waals surface area contributed by atoms with E-state index in [0.717, 1.165) is 0 Å². The lowest BCUT2D eigenvalue weighted by atomic mass is 10.3. The number of hydrogen-bond donors (Lipinski definition) is 2. The van der Waals surface area contributed by atoms with E-state index in [-0.39, 0.29) is 18.2 Å². The Morgan fingerprint density at radius 3 is 3.00 bits per heavy atom. The molecule has 2 N–H and O–H groups in total. The average molecular weight is 262 g/mol. The molecule has 0 radical (unpaired) electrons. The Hall–Kier alpha value is -0.880. The molecule has 0 spiro atoms. The molecule has 1 aromatic heterocycles. The van der Waals surface area contributed by atoms with Crippen LogP contribution in [0.4, 0.5) is 5.69 Å². The van der Waals surface area contributed by atoms with Crippen molar-refractivity contribution in [2.24, 2.45) is 7.05 Å². The maximum Gasteiger partial charge on any atom is 0.282 e. The summed E-state index contributed by atoms with van der Waals surface area (Å²) in [5.74, 6) is 0. The maximum atomic E-state index is 11.4. The summed E-state index contributed by atoms with van der Waals surface area (Å²) in [4.78, 5) is 11.4. The largest absolute Gasteiger partial charge is 0.394 e. The Labute approximate surface area is 89.9 Å². The van der Waals surface area contributed by atoms with Gasteiger partial charge in [0.2, 0.25) is 0 Å². The van der Waals surface area contributed by atoms with Crippen molar-refractivity contribution in [2.75, 3.05) is 11.9 Å². The second kappa shape index (κ2) is 4.56. The van der Waals surface area contributed by atoms with Crippen LogP contribution >= 0.6 is 15.9 Å². The molecule has 1 unspecified atom stereocenters. The summed E-state index contributed by atoms with van der Waals surface area (Å²) in [6, 6.07) is -0.111. The Balaban J connectivity index is 3.00. The number of aryl methyl sites for hydroxylation is 1. The second-order valence-corrected chi connectivity index (χ2v) is 3.82. The zero-order valence-electron chi connectivity index (χ0n) is 7.99. The van der Waals surface area contributed by atoms with Crippen LogP contribution in [0.5, 0.6) is 0 Å². The van der Waals surface area contributed by atoms with Gasteiger partial charge < -0.3 is 10.4 Å². The second-order valence-electron chi connectivity index (χ2n) is 3.03. The molecule has 1 atom stereocenters. The van der Waals surface area contributed by atoms with Crippen LogP contribution in [-0.4, -0.2) is 27.5 Å². The minimum absolute atomic E-state index is 0.00164. The molecule has 0 aromatic carbocycles. The molecule has 0 amide bonds. The third-order valence-electron chi connectivity index (χ3n) is 1.75. The van der Waals surface area contributed by atoms with E-state index in [1.54, 1.807) is 7.05 Å². The predicted octanol–water partition coefficient (Wildman–Crippen LogP) is 0.335. The Morgan fingerprint density at radius 1 is 1.79 bits per heavy atom. The van der Waals surface area contributed by atoms with Crippen LogP contribution in [0, 0.1) is 0 Å². The fourth-order valence-electron chi connectivity index (χ4n) is 0.922. The van der Waals surface area contributed by atoms with E-state index in [0.29, 0.717) is 10.2 Å². The molecular formula is C8H12BrN3O2. The van der Waals surface area contributed by atoms with Crippen LogP contribution in [-0.2, 0) is 7.05 Å². The molecular weight excluding hydrogens is 250 g/mol. The lowest BCUT2D eigenvalue weighted by Gasteiger charge is -2.13. The first-order chi connectivity index (χ1) is 6.56. The number of aliphatic hydroxyl groups excluding tert-OH is 1. The van der Waals surface area contributed by atoms with Crippen LogP contribution in [0.15, 0.2) is 15.5 Å². The van der Waals surface area contributed by atoms with Gasteiger partial charge >= 0.3 is 0 Å². The Kier molecular flexibility index (Phi) is 3.65. The highest BCUT2D eigenvalue weighted by molar-refractivity contribution is 9.10. The topological polar surface area (TPSA) is 67.2 Å². The summed E-state index contributed by atoms with van der Waals surface area (Å²) >= 11 is 3.17. The van der Waals surface area contributed by atoms with Crippen molar-refractivity contribution < 1.29 is 5.11 Å². The number of aromatic nitrogens is 2. The Morgan fingerprint density at radius 2 is 2.43 bits per heavy atom. The highest BCUT2D eigenvalue weighted by Crippen LogP contribution is 2.16. The first-order valence-corrected chi connectivity index (χ1v) is 4.94. The number of nitrogens with one attached hydrogen (secondary N) is 1. The van der Waals surface area contributed by atoms with Crippen LogP contribution in [0.1, 0.15) is 6.92 Å². The molecule has 0 aliphatic rings. The van der Waals surface area contributed by atoms with Gasteiger partial charge in [0, 0.05) is 13.1 Å². The molecule has 1 heterocycles. The minimum atomic E-state index is -0.208. The zero-order chi connectivity index (χ0) is 10.7. The molecule has 5 nitrogen and oxygen atoms in total. The summed E-state index contributed by atoms with van der Waals surface area (Å²) in [6.07, 6.45) is 1.54. The van der Waals surface area contributed by atoms with E-state index in [4.69, 9.17) is 5.11 Å². The molecule has 0 fully saturated rings. The number of nitrogens with zero attached hydrogens (tertiary/aromatic N) is 2. The summed E-state index contributed by atoms with van der Waals surface area (Å²) in [7, 11) is 1.58. The molecule has 0 saturated heterocycles. The average Bonchev–Trinajstić information content (AvgIpc) is 2.19. The first kappa shape index (κ1) is 11.2. The van der Waals surface area contributed by atoms with Gasteiger partial charge in [0.1, 0.15) is 4.47 Å². The zero-order valence-corrected chi connectivity index (χ0v) is 9.58. The van der Waals surface area contributed by atoms with Gasteiger partial charge in [-0.05, 0) is 22.9 Å². The normalized spacial score (nSPS) is 12.6. The van der Waals surface area contributed by atoms with Crippen LogP contribution < -0.4 is 10.9 Å². The van der Waals surface area contributed by atoms with E-state index in [2.05, 4.69) is 26.3 Å². The van der Waals surface area contributed by atoms with Crippen molar-refractivity contribution in [1.29, 1.82) is 0 Å². The van der Waals surface area contributed by atoms with Gasteiger partial charge in [0.05, 0.1) is 18.5 Å². The van der Waals surface area contributed by atoms with E-state index in [1.165, 1.54) is 10.9 Å². The molecule has 0 aliphatic heterocycles. The molecule has 1 rings (SSSR count). The van der Waals surface area contributed by atoms with Crippen LogP contribution in [0.25, 0.3) is 0 Å². The van der Waals surface area contributed by atoms with Crippen LogP contribution in [0.3, 0.4) is 0 Å². The standard InChI is InChI=1S/C8H12BrN3O2/c1-5(4-13)11-6-3-10-12(2)8(14)7(6)9/h3,5,11,13H,4H2,1-2H3. The van der Waals surface area contributed by atoms with E-state index in [9.17, 15) is 4.79 Å². The van der Waals surface area contributed by atoms with Gasteiger partial charge in [0.25, 0.3) is 5.56 Å². The minimum Gasteiger partial charge on any atom is -0.394 e. The molecule has 0 bridgehead atoms. The fourth-order valence-corrected chi connectivity index (χ4v) is 1.40. The maximum absolute atomic E-state index is 11.4. The highest BCUT2D eigenvalue weighted by atomic mass is 79.9. The van der Waals surface area contributed by atoms with Crippen molar-refractivity contribution in [3.63, 3.8) is 0 Å². The van der Waals surface area contributed by atoms with Gasteiger partial charge in [-0.2, -0.15) is 5.10 Å². The molecule has 0 saturated carbocycles. The first-order valence-electron chi connectivity index (χ1n) is 4.15. The van der Waals surface area contributed by atoms with Gasteiger partial charge in [-0.1, -0.05) is 0 Å².